The Kier molecular flexibility index (Phi) is 9.33. The molecule has 3 aliphatic rings. The first-order chi connectivity index (χ1) is 30.1. The topological polar surface area (TPSA) is 77.7 Å². The van der Waals surface area contributed by atoms with Crippen molar-refractivity contribution >= 4 is 81.3 Å². The van der Waals surface area contributed by atoms with Gasteiger partial charge in [0.05, 0.1) is 28.5 Å². The van der Waals surface area contributed by atoms with Gasteiger partial charge in [-0.15, -0.1) is 11.8 Å². The first kappa shape index (κ1) is 36.9. The van der Waals surface area contributed by atoms with Crippen molar-refractivity contribution in [1.29, 1.82) is 0 Å². The molecule has 1 unspecified atom stereocenters. The fourth-order valence-corrected chi connectivity index (χ4v) is 10.1. The number of H-pyrrole nitrogens is 2. The number of halogens is 1. The summed E-state index contributed by atoms with van der Waals surface area (Å²) in [4.78, 5) is 33.8. The molecule has 6 nitrogen and oxygen atoms in total. The van der Waals surface area contributed by atoms with Crippen LogP contribution in [-0.4, -0.2) is 31.6 Å². The molecule has 2 N–H and O–H groups in total. The smallest absolute Gasteiger partial charge is 0.238 e. The predicted molar refractivity (Wildman–Crippen MR) is 255 cm³/mol. The molecular weight excluding hydrogens is 790 g/mol. The number of rotatable bonds is 6. The summed E-state index contributed by atoms with van der Waals surface area (Å²) in [5.41, 5.74) is 16.9. The monoisotopic (exact) mass is 825 g/mol. The fraction of sp³-hybridized carbons (Fsp3) is 0.0377. The third-order valence-corrected chi connectivity index (χ3v) is 13.0. The highest BCUT2D eigenvalue weighted by atomic mass is 35.5. The predicted octanol–water partition coefficient (Wildman–Crippen LogP) is 13.8. The maximum Gasteiger partial charge on any atom is 0.238 e. The molecule has 0 saturated carbocycles. The highest BCUT2D eigenvalue weighted by Gasteiger charge is 2.35. The molecule has 3 aliphatic heterocycles. The fourth-order valence-electron chi connectivity index (χ4n) is 8.63. The van der Waals surface area contributed by atoms with Crippen molar-refractivity contribution in [2.75, 3.05) is 10.7 Å². The Morgan fingerprint density at radius 3 is 1.26 bits per heavy atom. The van der Waals surface area contributed by atoms with Gasteiger partial charge in [-0.2, -0.15) is 0 Å². The van der Waals surface area contributed by atoms with Crippen molar-refractivity contribution in [2.45, 2.75) is 5.37 Å². The van der Waals surface area contributed by atoms with E-state index in [-0.39, 0.29) is 11.3 Å². The quantitative estimate of drug-likeness (QED) is 0.175. The number of hydrogen-bond donors (Lipinski definition) is 2. The standard InChI is InChI=1S/C53H36ClN5OS/c54-39-19-11-10-18-38(39)53-59(48(60)32-61-53)37-22-20-36(21-23-37)52-46-30-28-44(57-46)50(34-14-6-2-7-15-34)42-26-24-40(55-42)49(33-12-4-1-5-13-33)41-25-27-43(56-41)51(35-16-8-3-9-17-35)45-29-31-47(52)58-45/h1-31,53,55,58H,32H2. The average Bonchev–Trinajstić information content (AvgIpc) is 4.17. The summed E-state index contributed by atoms with van der Waals surface area (Å²) in [6.45, 7) is 0. The van der Waals surface area contributed by atoms with E-state index < -0.39 is 0 Å². The maximum atomic E-state index is 13.4. The molecule has 8 heteroatoms. The molecule has 6 heterocycles. The molecular formula is C53H36ClN5OS. The van der Waals surface area contributed by atoms with Gasteiger partial charge in [-0.1, -0.05) is 133 Å². The number of hydrogen-bond acceptors (Lipinski definition) is 4. The molecule has 8 aromatic rings. The number of fused-ring (bicyclic) bond motifs is 8. The summed E-state index contributed by atoms with van der Waals surface area (Å²) in [5.74, 6) is 0.434. The van der Waals surface area contributed by atoms with Gasteiger partial charge in [-0.05, 0) is 89.0 Å². The first-order valence-electron chi connectivity index (χ1n) is 20.2. The van der Waals surface area contributed by atoms with Crippen LogP contribution in [0.5, 0.6) is 0 Å². The van der Waals surface area contributed by atoms with Crippen LogP contribution in [0.25, 0.3) is 90.9 Å². The average molecular weight is 826 g/mol. The summed E-state index contributed by atoms with van der Waals surface area (Å²) < 4.78 is 0. The Bertz CT molecular complexity index is 3190. The van der Waals surface area contributed by atoms with Crippen LogP contribution in [0.3, 0.4) is 0 Å². The van der Waals surface area contributed by atoms with E-state index in [4.69, 9.17) is 21.6 Å². The molecule has 61 heavy (non-hydrogen) atoms. The van der Waals surface area contributed by atoms with E-state index in [0.717, 1.165) is 101 Å². The van der Waals surface area contributed by atoms with Gasteiger partial charge in [0.15, 0.2) is 0 Å². The van der Waals surface area contributed by atoms with Gasteiger partial charge >= 0.3 is 0 Å². The number of thioether (sulfide) groups is 1. The SMILES string of the molecule is O=C1CSC(c2ccccc2Cl)N1c1ccc(-c2c3nc(c(-c4ccccc4)c4ccc([nH]4)c(-c4ccccc4)c4nc(c(-c5ccccc5)c5ccc2[nH]5)C=C4)C=C3)cc1. The number of aromatic nitrogens is 4. The summed E-state index contributed by atoms with van der Waals surface area (Å²) in [7, 11) is 0. The Balaban J connectivity index is 1.19. The second kappa shape index (κ2) is 15.4. The van der Waals surface area contributed by atoms with Crippen molar-refractivity contribution in [2.24, 2.45) is 0 Å². The molecule has 1 fully saturated rings. The van der Waals surface area contributed by atoms with Crippen molar-refractivity contribution in [3.63, 3.8) is 0 Å². The van der Waals surface area contributed by atoms with E-state index in [9.17, 15) is 4.79 Å². The van der Waals surface area contributed by atoms with Crippen LogP contribution in [0.1, 0.15) is 33.7 Å². The lowest BCUT2D eigenvalue weighted by molar-refractivity contribution is -0.115. The van der Waals surface area contributed by atoms with Gasteiger partial charge in [-0.3, -0.25) is 9.69 Å². The Labute approximate surface area is 362 Å². The summed E-state index contributed by atoms with van der Waals surface area (Å²) >= 11 is 8.26. The van der Waals surface area contributed by atoms with Crippen molar-refractivity contribution in [1.82, 2.24) is 19.9 Å². The van der Waals surface area contributed by atoms with Gasteiger partial charge < -0.3 is 9.97 Å². The van der Waals surface area contributed by atoms with Gasteiger partial charge in [0.25, 0.3) is 0 Å². The van der Waals surface area contributed by atoms with Crippen LogP contribution in [0.4, 0.5) is 5.69 Å². The van der Waals surface area contributed by atoms with E-state index in [1.54, 1.807) is 11.8 Å². The number of carbonyl (C=O) groups is 1. The molecule has 8 bridgehead atoms. The summed E-state index contributed by atoms with van der Waals surface area (Å²) in [5, 5.41) is 0.433. The second-order valence-corrected chi connectivity index (χ2v) is 16.6. The molecule has 1 amide bonds. The number of carbonyl (C=O) groups excluding carboxylic acids is 1. The lowest BCUT2D eigenvalue weighted by Crippen LogP contribution is -2.27. The highest BCUT2D eigenvalue weighted by Crippen LogP contribution is 2.45. The van der Waals surface area contributed by atoms with Crippen molar-refractivity contribution in [3.05, 3.63) is 197 Å². The molecule has 0 spiro atoms. The van der Waals surface area contributed by atoms with E-state index >= 15 is 0 Å². The minimum absolute atomic E-state index is 0.0505. The number of aromatic amines is 2. The highest BCUT2D eigenvalue weighted by molar-refractivity contribution is 8.00. The van der Waals surface area contributed by atoms with Crippen LogP contribution < -0.4 is 4.90 Å². The molecule has 0 radical (unpaired) electrons. The molecule has 5 aromatic carbocycles. The van der Waals surface area contributed by atoms with Gasteiger partial charge in [0, 0.05) is 60.6 Å². The third kappa shape index (κ3) is 6.68. The summed E-state index contributed by atoms with van der Waals surface area (Å²) in [6, 6.07) is 55.8. The molecule has 1 saturated heterocycles. The number of anilines is 1. The van der Waals surface area contributed by atoms with Crippen LogP contribution in [-0.2, 0) is 4.79 Å². The van der Waals surface area contributed by atoms with Crippen LogP contribution in [0.15, 0.2) is 164 Å². The number of benzene rings is 5. The van der Waals surface area contributed by atoms with Crippen molar-refractivity contribution < 1.29 is 4.79 Å². The lowest BCUT2D eigenvalue weighted by atomic mass is 10.0. The van der Waals surface area contributed by atoms with Crippen molar-refractivity contribution in [3.8, 4) is 44.5 Å². The van der Waals surface area contributed by atoms with E-state index in [1.165, 1.54) is 0 Å². The zero-order valence-electron chi connectivity index (χ0n) is 32.7. The van der Waals surface area contributed by atoms with E-state index in [1.807, 2.05) is 59.5 Å². The molecule has 0 aliphatic carbocycles. The number of nitrogens with one attached hydrogen (secondary N) is 2. The van der Waals surface area contributed by atoms with Gasteiger partial charge in [-0.25, -0.2) is 9.97 Å². The van der Waals surface area contributed by atoms with Gasteiger partial charge in [0.2, 0.25) is 5.91 Å². The van der Waals surface area contributed by atoms with Crippen LogP contribution >= 0.6 is 23.4 Å². The van der Waals surface area contributed by atoms with Crippen LogP contribution in [0, 0.1) is 0 Å². The zero-order valence-corrected chi connectivity index (χ0v) is 34.3. The van der Waals surface area contributed by atoms with Crippen LogP contribution in [0.2, 0.25) is 5.02 Å². The summed E-state index contributed by atoms with van der Waals surface area (Å²) in [6.07, 6.45) is 8.45. The zero-order chi connectivity index (χ0) is 40.9. The molecule has 11 rings (SSSR count). The number of amides is 1. The third-order valence-electron chi connectivity index (χ3n) is 11.4. The Hall–Kier alpha value is -7.19. The lowest BCUT2D eigenvalue weighted by Gasteiger charge is -2.25. The second-order valence-electron chi connectivity index (χ2n) is 15.1. The molecule has 1 atom stereocenters. The van der Waals surface area contributed by atoms with E-state index in [2.05, 4.69) is 143 Å². The maximum absolute atomic E-state index is 13.4. The number of nitrogens with zero attached hydrogens (tertiary/aromatic N) is 3. The van der Waals surface area contributed by atoms with E-state index in [0.29, 0.717) is 10.8 Å². The molecule has 292 valence electrons. The van der Waals surface area contributed by atoms with Gasteiger partial charge in [0.1, 0.15) is 5.37 Å². The Morgan fingerprint density at radius 2 is 0.852 bits per heavy atom. The Morgan fingerprint density at radius 1 is 0.475 bits per heavy atom. The minimum atomic E-state index is -0.216. The first-order valence-corrected chi connectivity index (χ1v) is 21.6. The normalized spacial score (nSPS) is 14.5. The molecule has 3 aromatic heterocycles. The largest absolute Gasteiger partial charge is 0.354 e. The minimum Gasteiger partial charge on any atom is -0.354 e.